The fraction of sp³-hybridized carbons (Fsp3) is 0.333. The lowest BCUT2D eigenvalue weighted by molar-refractivity contribution is -0.138. The first-order chi connectivity index (χ1) is 9.69. The van der Waals surface area contributed by atoms with Gasteiger partial charge in [0.05, 0.1) is 14.2 Å². The topological polar surface area (TPSA) is 51.7 Å². The van der Waals surface area contributed by atoms with Gasteiger partial charge >= 0.3 is 5.97 Å². The average Bonchev–Trinajstić information content (AvgIpc) is 2.51. The lowest BCUT2D eigenvalue weighted by atomic mass is 10.1. The molecule has 0 radical (unpaired) electrons. The Bertz CT molecular complexity index is 613. The Kier molecular flexibility index (Phi) is 4.40. The van der Waals surface area contributed by atoms with E-state index >= 15 is 0 Å². The first-order valence-corrected chi connectivity index (χ1v) is 6.44. The second-order valence-corrected chi connectivity index (χ2v) is 4.31. The normalized spacial score (nSPS) is 10.3. The molecule has 0 unspecified atom stereocenters. The van der Waals surface area contributed by atoms with E-state index in [1.807, 2.05) is 36.1 Å². The monoisotopic (exact) mass is 274 g/mol. The third-order valence-corrected chi connectivity index (χ3v) is 3.18. The smallest absolute Gasteiger partial charge is 0.325 e. The maximum Gasteiger partial charge on any atom is 0.325 e. The fourth-order valence-electron chi connectivity index (χ4n) is 2.08. The van der Waals surface area contributed by atoms with E-state index in [0.717, 1.165) is 22.3 Å². The van der Waals surface area contributed by atoms with Crippen LogP contribution in [0.3, 0.4) is 0 Å². The van der Waals surface area contributed by atoms with Crippen LogP contribution in [0.15, 0.2) is 30.5 Å². The van der Waals surface area contributed by atoms with Crippen LogP contribution < -0.4 is 9.64 Å². The highest BCUT2D eigenvalue weighted by molar-refractivity contribution is 5.94. The third-order valence-electron chi connectivity index (χ3n) is 3.18. The van der Waals surface area contributed by atoms with Gasteiger partial charge in [0, 0.05) is 18.1 Å². The first-order valence-electron chi connectivity index (χ1n) is 6.44. The number of methoxy groups -OCH3 is 2. The van der Waals surface area contributed by atoms with Gasteiger partial charge in [-0.05, 0) is 36.6 Å². The fourth-order valence-corrected chi connectivity index (χ4v) is 2.08. The van der Waals surface area contributed by atoms with Crippen molar-refractivity contribution < 1.29 is 14.3 Å². The van der Waals surface area contributed by atoms with Gasteiger partial charge in [-0.1, -0.05) is 0 Å². The van der Waals surface area contributed by atoms with E-state index in [2.05, 4.69) is 4.98 Å². The molecule has 5 heteroatoms. The van der Waals surface area contributed by atoms with Crippen LogP contribution in [0.25, 0.3) is 10.8 Å². The molecule has 5 nitrogen and oxygen atoms in total. The van der Waals surface area contributed by atoms with Crippen LogP contribution in [-0.2, 0) is 9.53 Å². The average molecular weight is 274 g/mol. The second-order valence-electron chi connectivity index (χ2n) is 4.31. The summed E-state index contributed by atoms with van der Waals surface area (Å²) in [5, 5.41) is 2.01. The van der Waals surface area contributed by atoms with Crippen LogP contribution >= 0.6 is 0 Å². The molecule has 2 rings (SSSR count). The van der Waals surface area contributed by atoms with E-state index in [1.165, 1.54) is 7.11 Å². The van der Waals surface area contributed by atoms with E-state index in [1.54, 1.807) is 13.3 Å². The Morgan fingerprint density at radius 3 is 2.75 bits per heavy atom. The highest BCUT2D eigenvalue weighted by Crippen LogP contribution is 2.27. The summed E-state index contributed by atoms with van der Waals surface area (Å²) in [6, 6.07) is 7.72. The molecule has 1 heterocycles. The number of likely N-dealkylation sites (N-methyl/N-ethyl adjacent to an activating group) is 1. The lowest BCUT2D eigenvalue weighted by Crippen LogP contribution is -2.31. The summed E-state index contributed by atoms with van der Waals surface area (Å²) in [5.41, 5.74) is 0. The number of anilines is 1. The number of nitrogens with zero attached hydrogens (tertiary/aromatic N) is 2. The van der Waals surface area contributed by atoms with Crippen LogP contribution in [0.1, 0.15) is 6.92 Å². The molecule has 0 aliphatic rings. The number of hydrogen-bond donors (Lipinski definition) is 0. The molecule has 0 saturated heterocycles. The molecule has 0 aliphatic carbocycles. The van der Waals surface area contributed by atoms with Gasteiger partial charge in [0.2, 0.25) is 0 Å². The number of fused-ring (bicyclic) bond motifs is 1. The number of rotatable bonds is 5. The molecule has 1 aromatic carbocycles. The minimum atomic E-state index is -0.279. The molecule has 0 bridgehead atoms. The highest BCUT2D eigenvalue weighted by Gasteiger charge is 2.14. The summed E-state index contributed by atoms with van der Waals surface area (Å²) in [6.45, 7) is 2.84. The number of carbonyl (C=O) groups excluding carboxylic acids is 1. The van der Waals surface area contributed by atoms with Crippen LogP contribution in [-0.4, -0.2) is 38.3 Å². The maximum atomic E-state index is 11.5. The zero-order valence-electron chi connectivity index (χ0n) is 11.9. The predicted molar refractivity (Wildman–Crippen MR) is 78.2 cm³/mol. The van der Waals surface area contributed by atoms with Crippen LogP contribution in [0.4, 0.5) is 5.82 Å². The van der Waals surface area contributed by atoms with E-state index in [4.69, 9.17) is 9.47 Å². The van der Waals surface area contributed by atoms with Gasteiger partial charge in [-0.2, -0.15) is 0 Å². The van der Waals surface area contributed by atoms with Crippen molar-refractivity contribution in [1.29, 1.82) is 0 Å². The van der Waals surface area contributed by atoms with Gasteiger partial charge in [0.25, 0.3) is 0 Å². The molecule has 0 amide bonds. The zero-order chi connectivity index (χ0) is 14.5. The minimum Gasteiger partial charge on any atom is -0.497 e. The molecule has 106 valence electrons. The Morgan fingerprint density at radius 2 is 2.10 bits per heavy atom. The van der Waals surface area contributed by atoms with Gasteiger partial charge in [0.15, 0.2) is 0 Å². The second kappa shape index (κ2) is 6.23. The Hall–Kier alpha value is -2.30. The zero-order valence-corrected chi connectivity index (χ0v) is 11.9. The molecule has 0 N–H and O–H groups in total. The van der Waals surface area contributed by atoms with Crippen molar-refractivity contribution in [1.82, 2.24) is 4.98 Å². The molecule has 2 aromatic rings. The van der Waals surface area contributed by atoms with E-state index < -0.39 is 0 Å². The summed E-state index contributed by atoms with van der Waals surface area (Å²) in [4.78, 5) is 17.8. The molecule has 0 saturated carbocycles. The number of aromatic nitrogens is 1. The molecule has 0 aliphatic heterocycles. The molecule has 20 heavy (non-hydrogen) atoms. The minimum absolute atomic E-state index is 0.186. The van der Waals surface area contributed by atoms with Crippen molar-refractivity contribution in [3.63, 3.8) is 0 Å². The maximum absolute atomic E-state index is 11.5. The largest absolute Gasteiger partial charge is 0.497 e. The Labute approximate surface area is 118 Å². The highest BCUT2D eigenvalue weighted by atomic mass is 16.5. The van der Waals surface area contributed by atoms with Gasteiger partial charge in [-0.15, -0.1) is 0 Å². The molecule has 0 spiro atoms. The Morgan fingerprint density at radius 1 is 1.30 bits per heavy atom. The number of pyridine rings is 1. The molecule has 1 aromatic heterocycles. The quantitative estimate of drug-likeness (QED) is 0.783. The number of carbonyl (C=O) groups is 1. The van der Waals surface area contributed by atoms with E-state index in [-0.39, 0.29) is 12.5 Å². The summed E-state index contributed by atoms with van der Waals surface area (Å²) in [5.74, 6) is 1.29. The van der Waals surface area contributed by atoms with Crippen LogP contribution in [0.2, 0.25) is 0 Å². The van der Waals surface area contributed by atoms with E-state index in [0.29, 0.717) is 6.54 Å². The van der Waals surface area contributed by atoms with E-state index in [9.17, 15) is 4.79 Å². The van der Waals surface area contributed by atoms with Crippen molar-refractivity contribution in [3.05, 3.63) is 30.5 Å². The number of esters is 1. The predicted octanol–water partition coefficient (Wildman–Crippen LogP) is 2.24. The van der Waals surface area contributed by atoms with Gasteiger partial charge in [-0.25, -0.2) is 4.98 Å². The van der Waals surface area contributed by atoms with Gasteiger partial charge in [-0.3, -0.25) is 4.79 Å². The number of hydrogen-bond acceptors (Lipinski definition) is 5. The number of ether oxygens (including phenoxy) is 2. The summed E-state index contributed by atoms with van der Waals surface area (Å²) < 4.78 is 9.95. The third kappa shape index (κ3) is 2.82. The van der Waals surface area contributed by atoms with Crippen molar-refractivity contribution >= 4 is 22.6 Å². The Balaban J connectivity index is 2.44. The summed E-state index contributed by atoms with van der Waals surface area (Å²) >= 11 is 0. The summed E-state index contributed by atoms with van der Waals surface area (Å²) in [7, 11) is 3.02. The van der Waals surface area contributed by atoms with Gasteiger partial charge < -0.3 is 14.4 Å². The van der Waals surface area contributed by atoms with Crippen LogP contribution in [0, 0.1) is 0 Å². The number of benzene rings is 1. The molecular weight excluding hydrogens is 256 g/mol. The van der Waals surface area contributed by atoms with Crippen molar-refractivity contribution in [3.8, 4) is 5.75 Å². The standard InChI is InChI=1S/C15H18N2O3/c1-4-17(10-14(18)20-3)15-13-6-5-12(19-2)9-11(13)7-8-16-15/h5-9H,4,10H2,1-3H3. The molecule has 0 atom stereocenters. The SMILES string of the molecule is CCN(CC(=O)OC)c1nccc2cc(OC)ccc12. The van der Waals surface area contributed by atoms with Crippen LogP contribution in [0.5, 0.6) is 5.75 Å². The van der Waals surface area contributed by atoms with Gasteiger partial charge in [0.1, 0.15) is 18.1 Å². The first kappa shape index (κ1) is 14.1. The molecular formula is C15H18N2O3. The summed E-state index contributed by atoms with van der Waals surface area (Å²) in [6.07, 6.45) is 1.73. The molecule has 0 fully saturated rings. The van der Waals surface area contributed by atoms with Crippen molar-refractivity contribution in [2.45, 2.75) is 6.92 Å². The van der Waals surface area contributed by atoms with Crippen molar-refractivity contribution in [2.24, 2.45) is 0 Å². The van der Waals surface area contributed by atoms with Crippen molar-refractivity contribution in [2.75, 3.05) is 32.2 Å². The lowest BCUT2D eigenvalue weighted by Gasteiger charge is -2.22.